The van der Waals surface area contributed by atoms with Gasteiger partial charge in [-0.3, -0.25) is 0 Å². The molecule has 1 aliphatic carbocycles. The van der Waals surface area contributed by atoms with Gasteiger partial charge in [0.05, 0.1) is 11.4 Å². The van der Waals surface area contributed by atoms with Gasteiger partial charge in [0.15, 0.2) is 0 Å². The van der Waals surface area contributed by atoms with Crippen LogP contribution in [0.3, 0.4) is 0 Å². The zero-order valence-electron chi connectivity index (χ0n) is 26.7. The Morgan fingerprint density at radius 1 is 0.479 bits per heavy atom. The average molecular weight is 634 g/mol. The minimum atomic E-state index is -0.116. The molecule has 0 spiro atoms. The Balaban J connectivity index is 1.29. The van der Waals surface area contributed by atoms with Crippen LogP contribution in [0.15, 0.2) is 156 Å². The zero-order chi connectivity index (χ0) is 32.0. The summed E-state index contributed by atoms with van der Waals surface area (Å²) < 4.78 is 8.96. The summed E-state index contributed by atoms with van der Waals surface area (Å²) in [5, 5.41) is 4.84. The molecule has 0 amide bonds. The fourth-order valence-electron chi connectivity index (χ4n) is 8.08. The van der Waals surface area contributed by atoms with Crippen molar-refractivity contribution in [3.63, 3.8) is 0 Å². The molecule has 10 rings (SSSR count). The number of nitrogens with zero attached hydrogens (tertiary/aromatic N) is 1. The van der Waals surface area contributed by atoms with Crippen molar-refractivity contribution >= 4 is 70.5 Å². The van der Waals surface area contributed by atoms with Gasteiger partial charge in [-0.1, -0.05) is 117 Å². The van der Waals surface area contributed by atoms with Crippen molar-refractivity contribution in [2.24, 2.45) is 0 Å². The summed E-state index contributed by atoms with van der Waals surface area (Å²) in [6.07, 6.45) is 0. The van der Waals surface area contributed by atoms with Gasteiger partial charge in [-0.25, -0.2) is 0 Å². The van der Waals surface area contributed by atoms with Crippen LogP contribution in [0, 0.1) is 0 Å². The van der Waals surface area contributed by atoms with Gasteiger partial charge in [0, 0.05) is 47.6 Å². The van der Waals surface area contributed by atoms with Crippen LogP contribution in [-0.4, -0.2) is 0 Å². The third-order valence-electron chi connectivity index (χ3n) is 10.3. The van der Waals surface area contributed by atoms with Gasteiger partial charge in [-0.2, -0.15) is 0 Å². The van der Waals surface area contributed by atoms with E-state index in [0.29, 0.717) is 0 Å². The number of para-hydroxylation sites is 2. The number of anilines is 3. The first-order valence-electron chi connectivity index (χ1n) is 16.5. The van der Waals surface area contributed by atoms with E-state index in [1.165, 1.54) is 48.1 Å². The maximum absolute atomic E-state index is 6.37. The zero-order valence-corrected chi connectivity index (χ0v) is 27.5. The van der Waals surface area contributed by atoms with E-state index in [0.717, 1.165) is 44.4 Å². The van der Waals surface area contributed by atoms with Crippen LogP contribution in [0.25, 0.3) is 64.4 Å². The number of hydrogen-bond donors (Lipinski definition) is 0. The lowest BCUT2D eigenvalue weighted by Crippen LogP contribution is -2.17. The largest absolute Gasteiger partial charge is 0.456 e. The first-order valence-corrected chi connectivity index (χ1v) is 17.3. The van der Waals surface area contributed by atoms with Gasteiger partial charge in [0.25, 0.3) is 0 Å². The lowest BCUT2D eigenvalue weighted by Gasteiger charge is -2.30. The highest BCUT2D eigenvalue weighted by Crippen LogP contribution is 2.53. The topological polar surface area (TPSA) is 16.4 Å². The second-order valence-electron chi connectivity index (χ2n) is 13.3. The highest BCUT2D eigenvalue weighted by molar-refractivity contribution is 7.26. The summed E-state index contributed by atoms with van der Waals surface area (Å²) in [4.78, 5) is 2.50. The average Bonchev–Trinajstić information content (AvgIpc) is 3.77. The van der Waals surface area contributed by atoms with Crippen LogP contribution < -0.4 is 4.90 Å². The minimum Gasteiger partial charge on any atom is -0.456 e. The summed E-state index contributed by atoms with van der Waals surface area (Å²) in [6.45, 7) is 4.72. The number of benzene rings is 7. The van der Waals surface area contributed by atoms with Crippen LogP contribution >= 0.6 is 11.3 Å². The molecular weight excluding hydrogens is 603 g/mol. The van der Waals surface area contributed by atoms with Gasteiger partial charge in [0.1, 0.15) is 11.2 Å². The van der Waals surface area contributed by atoms with Crippen LogP contribution in [0.1, 0.15) is 25.0 Å². The molecule has 0 N–H and O–H groups in total. The van der Waals surface area contributed by atoms with E-state index < -0.39 is 0 Å². The molecular formula is C45H31NOS. The SMILES string of the molecule is CC1(C)c2ccccc2-c2ccc(N(c3ccccc3-c3cccc4oc5ccccc5c34)c3cccc4sc5ccccc5c34)cc21. The Morgan fingerprint density at radius 3 is 2.04 bits per heavy atom. The monoisotopic (exact) mass is 633 g/mol. The quantitative estimate of drug-likeness (QED) is 0.192. The van der Waals surface area contributed by atoms with Crippen LogP contribution in [0.4, 0.5) is 17.1 Å². The summed E-state index contributed by atoms with van der Waals surface area (Å²) in [5.74, 6) is 0. The number of hydrogen-bond acceptors (Lipinski definition) is 3. The molecule has 48 heavy (non-hydrogen) atoms. The Hall–Kier alpha value is -5.64. The Kier molecular flexibility index (Phi) is 5.82. The van der Waals surface area contributed by atoms with E-state index in [1.54, 1.807) is 0 Å². The standard InChI is InChI=1S/C45H31NOS/c1-45(2)35-18-7-3-13-29(35)30-26-25-28(27-36(30)45)46(38-20-12-24-42-44(38)34-16-6-10-23-41(34)48-42)37-19-8-4-14-31(37)32-17-11-22-40-43(32)33-15-5-9-21-39(33)47-40/h3-27H,1-2H3. The molecule has 0 aliphatic heterocycles. The van der Waals surface area contributed by atoms with Crippen molar-refractivity contribution in [3.8, 4) is 22.3 Å². The normalized spacial score (nSPS) is 13.4. The highest BCUT2D eigenvalue weighted by atomic mass is 32.1. The van der Waals surface area contributed by atoms with Crippen molar-refractivity contribution in [2.75, 3.05) is 4.90 Å². The van der Waals surface area contributed by atoms with Crippen molar-refractivity contribution < 1.29 is 4.42 Å². The Bertz CT molecular complexity index is 2730. The van der Waals surface area contributed by atoms with E-state index in [1.807, 2.05) is 17.4 Å². The molecule has 0 fully saturated rings. The second kappa shape index (κ2) is 10.2. The predicted octanol–water partition coefficient (Wildman–Crippen LogP) is 13.4. The van der Waals surface area contributed by atoms with E-state index in [-0.39, 0.29) is 5.41 Å². The fourth-order valence-corrected chi connectivity index (χ4v) is 9.20. The molecule has 0 radical (unpaired) electrons. The van der Waals surface area contributed by atoms with Crippen molar-refractivity contribution in [1.29, 1.82) is 0 Å². The smallest absolute Gasteiger partial charge is 0.136 e. The maximum Gasteiger partial charge on any atom is 0.136 e. The lowest BCUT2D eigenvalue weighted by atomic mass is 9.82. The van der Waals surface area contributed by atoms with E-state index in [2.05, 4.69) is 164 Å². The molecule has 228 valence electrons. The van der Waals surface area contributed by atoms with Crippen molar-refractivity contribution in [1.82, 2.24) is 0 Å². The molecule has 2 heterocycles. The fraction of sp³-hybridized carbons (Fsp3) is 0.0667. The maximum atomic E-state index is 6.37. The summed E-state index contributed by atoms with van der Waals surface area (Å²) in [5.41, 5.74) is 12.9. The number of fused-ring (bicyclic) bond motifs is 9. The molecule has 3 heteroatoms. The second-order valence-corrected chi connectivity index (χ2v) is 14.4. The van der Waals surface area contributed by atoms with Gasteiger partial charge < -0.3 is 9.32 Å². The molecule has 0 bridgehead atoms. The van der Waals surface area contributed by atoms with E-state index in [4.69, 9.17) is 4.42 Å². The molecule has 0 saturated carbocycles. The third-order valence-corrected chi connectivity index (χ3v) is 11.4. The van der Waals surface area contributed by atoms with Crippen LogP contribution in [0.5, 0.6) is 0 Å². The minimum absolute atomic E-state index is 0.116. The molecule has 1 aliphatic rings. The van der Waals surface area contributed by atoms with Gasteiger partial charge >= 0.3 is 0 Å². The number of furan rings is 1. The van der Waals surface area contributed by atoms with Crippen LogP contribution in [0.2, 0.25) is 0 Å². The first-order chi connectivity index (χ1) is 23.6. The van der Waals surface area contributed by atoms with E-state index >= 15 is 0 Å². The lowest BCUT2D eigenvalue weighted by molar-refractivity contribution is 0.660. The molecule has 2 aromatic heterocycles. The Morgan fingerprint density at radius 2 is 1.12 bits per heavy atom. The molecule has 0 atom stereocenters. The number of thiophene rings is 1. The van der Waals surface area contributed by atoms with Crippen molar-refractivity contribution in [3.05, 3.63) is 163 Å². The molecule has 0 saturated heterocycles. The summed E-state index contributed by atoms with van der Waals surface area (Å²) >= 11 is 1.86. The van der Waals surface area contributed by atoms with Crippen molar-refractivity contribution in [2.45, 2.75) is 19.3 Å². The third kappa shape index (κ3) is 3.85. The molecule has 7 aromatic carbocycles. The molecule has 0 unspecified atom stereocenters. The predicted molar refractivity (Wildman–Crippen MR) is 204 cm³/mol. The summed E-state index contributed by atoms with van der Waals surface area (Å²) in [6, 6.07) is 55.2. The highest BCUT2D eigenvalue weighted by Gasteiger charge is 2.36. The summed E-state index contributed by atoms with van der Waals surface area (Å²) in [7, 11) is 0. The van der Waals surface area contributed by atoms with Gasteiger partial charge in [0.2, 0.25) is 0 Å². The number of rotatable bonds is 4. The Labute approximate surface area is 283 Å². The van der Waals surface area contributed by atoms with E-state index in [9.17, 15) is 0 Å². The van der Waals surface area contributed by atoms with Crippen LogP contribution in [-0.2, 0) is 5.41 Å². The molecule has 9 aromatic rings. The van der Waals surface area contributed by atoms with Gasteiger partial charge in [-0.05, 0) is 76.3 Å². The van der Waals surface area contributed by atoms with Gasteiger partial charge in [-0.15, -0.1) is 11.3 Å². The molecule has 2 nitrogen and oxygen atoms in total. The first kappa shape index (κ1) is 27.5.